The summed E-state index contributed by atoms with van der Waals surface area (Å²) in [5.74, 6) is 0. The Kier molecular flexibility index (Phi) is 20.8. The van der Waals surface area contributed by atoms with Crippen LogP contribution in [0.25, 0.3) is 0 Å². The van der Waals surface area contributed by atoms with Crippen LogP contribution in [0.5, 0.6) is 0 Å². The Labute approximate surface area is 88.7 Å². The average Bonchev–Trinajstić information content (AvgIpc) is 2.11. The Morgan fingerprint density at radius 2 is 2.07 bits per heavy atom. The van der Waals surface area contributed by atoms with Gasteiger partial charge >= 0.3 is 0 Å². The van der Waals surface area contributed by atoms with Crippen molar-refractivity contribution in [1.29, 1.82) is 0 Å². The van der Waals surface area contributed by atoms with Crippen molar-refractivity contribution < 1.29 is 14.6 Å². The van der Waals surface area contributed by atoms with Crippen molar-refractivity contribution in [2.45, 2.75) is 34.3 Å². The Morgan fingerprint density at radius 3 is 2.50 bits per heavy atom. The molecule has 1 N–H and O–H groups in total. The standard InChI is InChI=1S/C9H18O3.2CH4/c1-3-6-11-8-9(4-2)12-7-5-10;;/h3,9-10H,1,4-8H2,2H3;2*1H4. The predicted octanol–water partition coefficient (Wildman–Crippen LogP) is 2.25. The number of aliphatic hydroxyl groups is 1. The van der Waals surface area contributed by atoms with Crippen LogP contribution in [-0.4, -0.2) is 37.6 Å². The largest absolute Gasteiger partial charge is 0.394 e. The molecule has 0 aliphatic heterocycles. The molecule has 0 spiro atoms. The van der Waals surface area contributed by atoms with Crippen molar-refractivity contribution in [1.82, 2.24) is 0 Å². The lowest BCUT2D eigenvalue weighted by molar-refractivity contribution is -0.0235. The monoisotopic (exact) mass is 206 g/mol. The van der Waals surface area contributed by atoms with Crippen molar-refractivity contribution in [2.75, 3.05) is 26.4 Å². The fourth-order valence-corrected chi connectivity index (χ4v) is 0.786. The highest BCUT2D eigenvalue weighted by Crippen LogP contribution is 1.98. The summed E-state index contributed by atoms with van der Waals surface area (Å²) in [6.07, 6.45) is 2.70. The van der Waals surface area contributed by atoms with Gasteiger partial charge in [-0.3, -0.25) is 0 Å². The van der Waals surface area contributed by atoms with E-state index in [1.807, 2.05) is 6.92 Å². The molecule has 0 heterocycles. The van der Waals surface area contributed by atoms with E-state index in [1.54, 1.807) is 6.08 Å². The maximum absolute atomic E-state index is 8.50. The van der Waals surface area contributed by atoms with Gasteiger partial charge in [0, 0.05) is 0 Å². The summed E-state index contributed by atoms with van der Waals surface area (Å²) in [7, 11) is 0. The second-order valence-corrected chi connectivity index (χ2v) is 2.45. The third-order valence-corrected chi connectivity index (χ3v) is 1.44. The fraction of sp³-hybridized carbons (Fsp3) is 0.818. The molecule has 0 radical (unpaired) electrons. The van der Waals surface area contributed by atoms with Crippen LogP contribution in [0.1, 0.15) is 28.2 Å². The molecule has 3 nitrogen and oxygen atoms in total. The van der Waals surface area contributed by atoms with Gasteiger partial charge in [0.2, 0.25) is 0 Å². The van der Waals surface area contributed by atoms with Crippen molar-refractivity contribution in [3.05, 3.63) is 12.7 Å². The van der Waals surface area contributed by atoms with Gasteiger partial charge < -0.3 is 14.6 Å². The maximum atomic E-state index is 8.50. The number of ether oxygens (including phenoxy) is 2. The maximum Gasteiger partial charge on any atom is 0.0807 e. The zero-order valence-electron chi connectivity index (χ0n) is 7.66. The molecule has 0 aromatic rings. The van der Waals surface area contributed by atoms with Gasteiger partial charge in [0.05, 0.1) is 32.5 Å². The van der Waals surface area contributed by atoms with Crippen LogP contribution in [0.4, 0.5) is 0 Å². The van der Waals surface area contributed by atoms with Gasteiger partial charge in [0.1, 0.15) is 0 Å². The molecule has 0 aliphatic rings. The summed E-state index contributed by atoms with van der Waals surface area (Å²) in [6, 6.07) is 0. The number of aliphatic hydroxyl groups excluding tert-OH is 1. The Bertz CT molecular complexity index is 105. The summed E-state index contributed by atoms with van der Waals surface area (Å²) in [4.78, 5) is 0. The van der Waals surface area contributed by atoms with Gasteiger partial charge in [-0.05, 0) is 6.42 Å². The van der Waals surface area contributed by atoms with E-state index in [-0.39, 0.29) is 27.6 Å². The molecule has 0 aromatic heterocycles. The van der Waals surface area contributed by atoms with Crippen molar-refractivity contribution in [3.63, 3.8) is 0 Å². The van der Waals surface area contributed by atoms with E-state index in [9.17, 15) is 0 Å². The fourth-order valence-electron chi connectivity index (χ4n) is 0.786. The zero-order chi connectivity index (χ0) is 9.23. The molecule has 88 valence electrons. The molecule has 1 unspecified atom stereocenters. The van der Waals surface area contributed by atoms with E-state index in [4.69, 9.17) is 14.6 Å². The summed E-state index contributed by atoms with van der Waals surface area (Å²) < 4.78 is 10.5. The minimum Gasteiger partial charge on any atom is -0.394 e. The third-order valence-electron chi connectivity index (χ3n) is 1.44. The average molecular weight is 206 g/mol. The number of hydrogen-bond acceptors (Lipinski definition) is 3. The smallest absolute Gasteiger partial charge is 0.0807 e. The van der Waals surface area contributed by atoms with Crippen LogP contribution in [0.15, 0.2) is 12.7 Å². The lowest BCUT2D eigenvalue weighted by atomic mass is 10.3. The molecule has 0 rings (SSSR count). The van der Waals surface area contributed by atoms with Gasteiger partial charge in [-0.25, -0.2) is 0 Å². The zero-order valence-corrected chi connectivity index (χ0v) is 7.66. The van der Waals surface area contributed by atoms with Gasteiger partial charge in [-0.15, -0.1) is 6.58 Å². The first-order valence-corrected chi connectivity index (χ1v) is 4.26. The normalized spacial score (nSPS) is 11.0. The van der Waals surface area contributed by atoms with E-state index in [0.717, 1.165) is 6.42 Å². The Hall–Kier alpha value is -0.380. The molecule has 0 amide bonds. The van der Waals surface area contributed by atoms with Crippen LogP contribution in [0, 0.1) is 0 Å². The second-order valence-electron chi connectivity index (χ2n) is 2.45. The van der Waals surface area contributed by atoms with E-state index in [2.05, 4.69) is 6.58 Å². The minimum absolute atomic E-state index is 0. The van der Waals surface area contributed by atoms with Crippen LogP contribution in [-0.2, 0) is 9.47 Å². The topological polar surface area (TPSA) is 38.7 Å². The molecule has 0 aromatic carbocycles. The summed E-state index contributed by atoms with van der Waals surface area (Å²) >= 11 is 0. The summed E-state index contributed by atoms with van der Waals surface area (Å²) in [5, 5.41) is 8.50. The molecule has 0 saturated heterocycles. The second kappa shape index (κ2) is 15.1. The first-order valence-electron chi connectivity index (χ1n) is 4.26. The van der Waals surface area contributed by atoms with Gasteiger partial charge in [0.15, 0.2) is 0 Å². The molecule has 14 heavy (non-hydrogen) atoms. The highest BCUT2D eigenvalue weighted by molar-refractivity contribution is 4.64. The Balaban J connectivity index is -0.000000605. The van der Waals surface area contributed by atoms with Crippen LogP contribution in [0.2, 0.25) is 0 Å². The molecule has 0 saturated carbocycles. The first kappa shape index (κ1) is 19.2. The molecule has 1 atom stereocenters. The van der Waals surface area contributed by atoms with E-state index < -0.39 is 0 Å². The van der Waals surface area contributed by atoms with E-state index in [0.29, 0.717) is 19.8 Å². The highest BCUT2D eigenvalue weighted by Gasteiger charge is 2.04. The summed E-state index contributed by atoms with van der Waals surface area (Å²) in [5.41, 5.74) is 0. The predicted molar refractivity (Wildman–Crippen MR) is 61.6 cm³/mol. The van der Waals surface area contributed by atoms with Crippen molar-refractivity contribution >= 4 is 0 Å². The third kappa shape index (κ3) is 11.6. The van der Waals surface area contributed by atoms with E-state index >= 15 is 0 Å². The van der Waals surface area contributed by atoms with Gasteiger partial charge in [-0.1, -0.05) is 27.9 Å². The van der Waals surface area contributed by atoms with Crippen molar-refractivity contribution in [3.8, 4) is 0 Å². The van der Waals surface area contributed by atoms with E-state index in [1.165, 1.54) is 0 Å². The van der Waals surface area contributed by atoms with Crippen LogP contribution in [0.3, 0.4) is 0 Å². The minimum atomic E-state index is 0. The summed E-state index contributed by atoms with van der Waals surface area (Å²) in [6.45, 7) is 7.15. The van der Waals surface area contributed by atoms with Crippen LogP contribution < -0.4 is 0 Å². The lowest BCUT2D eigenvalue weighted by Gasteiger charge is -2.14. The molecule has 0 aliphatic carbocycles. The Morgan fingerprint density at radius 1 is 1.43 bits per heavy atom. The molecular formula is C11H26O3. The van der Waals surface area contributed by atoms with Crippen LogP contribution >= 0.6 is 0 Å². The molecule has 0 bridgehead atoms. The first-order chi connectivity index (χ1) is 5.85. The number of hydrogen-bond donors (Lipinski definition) is 1. The highest BCUT2D eigenvalue weighted by atomic mass is 16.5. The SMILES string of the molecule is C.C.C=CCOCC(CC)OCCO. The lowest BCUT2D eigenvalue weighted by Crippen LogP contribution is -2.20. The van der Waals surface area contributed by atoms with Gasteiger partial charge in [0.25, 0.3) is 0 Å². The van der Waals surface area contributed by atoms with Gasteiger partial charge in [-0.2, -0.15) is 0 Å². The molecule has 3 heteroatoms. The number of rotatable bonds is 8. The molecular weight excluding hydrogens is 180 g/mol. The van der Waals surface area contributed by atoms with Crippen molar-refractivity contribution in [2.24, 2.45) is 0 Å². The quantitative estimate of drug-likeness (QED) is 0.489. The molecule has 0 fully saturated rings.